The number of hydrogen-bond acceptors (Lipinski definition) is 6. The number of carboxylic acids is 1. The smallest absolute Gasteiger partial charge is 0.323 e. The molecule has 0 aliphatic heterocycles. The molecular formula is C21H22ClN6O6S-. The molecule has 0 saturated heterocycles. The molecular weight excluding hydrogens is 500 g/mol. The summed E-state index contributed by atoms with van der Waals surface area (Å²) in [5.74, 6) is -2.48. The van der Waals surface area contributed by atoms with Gasteiger partial charge in [0.25, 0.3) is 11.5 Å². The van der Waals surface area contributed by atoms with E-state index in [-0.39, 0.29) is 35.4 Å². The number of fused-ring (bicyclic) bond motifs is 1. The number of aliphatic imine (C=N–C) groups is 1. The molecule has 2 aromatic heterocycles. The number of aliphatic carboxylic acids is 1. The summed E-state index contributed by atoms with van der Waals surface area (Å²) in [5.41, 5.74) is 10.8. The van der Waals surface area contributed by atoms with Crippen molar-refractivity contribution in [2.45, 2.75) is 17.5 Å². The Hall–Kier alpha value is -3.94. The zero-order valence-electron chi connectivity index (χ0n) is 18.1. The Morgan fingerprint density at radius 3 is 2.34 bits per heavy atom. The van der Waals surface area contributed by atoms with Crippen LogP contribution in [-0.2, 0) is 21.4 Å². The van der Waals surface area contributed by atoms with Gasteiger partial charge in [-0.25, -0.2) is 13.4 Å². The van der Waals surface area contributed by atoms with Crippen LogP contribution in [0.1, 0.15) is 15.9 Å². The van der Waals surface area contributed by atoms with Crippen molar-refractivity contribution in [3.63, 3.8) is 0 Å². The summed E-state index contributed by atoms with van der Waals surface area (Å²) in [4.78, 5) is 40.8. The van der Waals surface area contributed by atoms with Crippen LogP contribution in [-0.4, -0.2) is 48.3 Å². The molecule has 186 valence electrons. The normalized spacial score (nSPS) is 11.8. The molecule has 3 rings (SSSR count). The van der Waals surface area contributed by atoms with Crippen molar-refractivity contribution in [1.82, 2.24) is 14.4 Å². The third-order valence-corrected chi connectivity index (χ3v) is 6.20. The molecule has 1 aromatic carbocycles. The minimum absolute atomic E-state index is 0. The van der Waals surface area contributed by atoms with Gasteiger partial charge in [0.2, 0.25) is 10.0 Å². The van der Waals surface area contributed by atoms with Crippen molar-refractivity contribution in [3.8, 4) is 0 Å². The number of carbonyl (C=O) groups excluding carboxylic acids is 1. The standard InChI is InChI=1S/C21H22N6O6S.ClH/c22-21(23)25-10-13-6-7-14-8-9-16(19(29)27(14)12-13)18(28)24-11-17(20(30)31)26-34(32,33)15-4-2-1-3-5-15;/h1-9,12,17,26H,10-11H2,(H,24,28)(H,30,31)(H4,22,23,25);1H/p-1. The summed E-state index contributed by atoms with van der Waals surface area (Å²) >= 11 is 0. The summed E-state index contributed by atoms with van der Waals surface area (Å²) in [6.45, 7) is -0.462. The average molecular weight is 522 g/mol. The summed E-state index contributed by atoms with van der Waals surface area (Å²) in [6.07, 6.45) is 1.48. The van der Waals surface area contributed by atoms with E-state index in [0.717, 1.165) is 0 Å². The fourth-order valence-corrected chi connectivity index (χ4v) is 4.22. The number of hydrogen-bond donors (Lipinski definition) is 5. The van der Waals surface area contributed by atoms with Crippen molar-refractivity contribution in [2.75, 3.05) is 6.54 Å². The van der Waals surface area contributed by atoms with Gasteiger partial charge in [-0.3, -0.25) is 18.8 Å². The van der Waals surface area contributed by atoms with Crippen LogP contribution in [0.15, 0.2) is 75.5 Å². The van der Waals surface area contributed by atoms with Gasteiger partial charge < -0.3 is 34.3 Å². The van der Waals surface area contributed by atoms with Crippen LogP contribution in [0.3, 0.4) is 0 Å². The number of guanidine groups is 1. The molecule has 0 spiro atoms. The number of nitrogens with zero attached hydrogens (tertiary/aromatic N) is 2. The highest BCUT2D eigenvalue weighted by atomic mass is 35.5. The highest BCUT2D eigenvalue weighted by Crippen LogP contribution is 2.09. The third kappa shape index (κ3) is 6.79. The van der Waals surface area contributed by atoms with E-state index in [4.69, 9.17) is 11.5 Å². The molecule has 0 fully saturated rings. The molecule has 35 heavy (non-hydrogen) atoms. The predicted molar refractivity (Wildman–Crippen MR) is 124 cm³/mol. The van der Waals surface area contributed by atoms with E-state index in [2.05, 4.69) is 10.3 Å². The number of rotatable bonds is 9. The Labute approximate surface area is 206 Å². The minimum Gasteiger partial charge on any atom is -1.00 e. The summed E-state index contributed by atoms with van der Waals surface area (Å²) in [5, 5.41) is 11.7. The minimum atomic E-state index is -4.15. The lowest BCUT2D eigenvalue weighted by molar-refractivity contribution is -0.138. The highest BCUT2D eigenvalue weighted by molar-refractivity contribution is 7.89. The first-order chi connectivity index (χ1) is 16.1. The Balaban J connectivity index is 0.00000432. The maximum atomic E-state index is 12.8. The SMILES string of the molecule is NC(N)=NCc1ccc2ccc(C(=O)NCC(NS(=O)(=O)c3ccccc3)C(=O)O)c(=O)n2c1.[Cl-]. The van der Waals surface area contributed by atoms with Crippen LogP contribution in [0.2, 0.25) is 0 Å². The molecule has 1 unspecified atom stereocenters. The number of sulfonamides is 1. The quantitative estimate of drug-likeness (QED) is 0.139. The first kappa shape index (κ1) is 27.3. The Morgan fingerprint density at radius 2 is 1.71 bits per heavy atom. The number of amides is 1. The first-order valence-corrected chi connectivity index (χ1v) is 11.3. The first-order valence-electron chi connectivity index (χ1n) is 9.86. The maximum Gasteiger partial charge on any atom is 0.323 e. The monoisotopic (exact) mass is 521 g/mol. The molecule has 7 N–H and O–H groups in total. The third-order valence-electron chi connectivity index (χ3n) is 4.72. The van der Waals surface area contributed by atoms with E-state index in [1.165, 1.54) is 47.0 Å². The van der Waals surface area contributed by atoms with Crippen molar-refractivity contribution < 1.29 is 35.5 Å². The largest absolute Gasteiger partial charge is 1.00 e. The van der Waals surface area contributed by atoms with Gasteiger partial charge >= 0.3 is 5.97 Å². The number of nitrogens with one attached hydrogen (secondary N) is 2. The van der Waals surface area contributed by atoms with Gasteiger partial charge in [-0.05, 0) is 35.9 Å². The average Bonchev–Trinajstić information content (AvgIpc) is 2.81. The molecule has 14 heteroatoms. The Kier molecular flexibility index (Phi) is 8.94. The van der Waals surface area contributed by atoms with Gasteiger partial charge in [-0.1, -0.05) is 24.3 Å². The van der Waals surface area contributed by atoms with Crippen LogP contribution < -0.4 is 39.5 Å². The lowest BCUT2D eigenvalue weighted by Gasteiger charge is -2.15. The van der Waals surface area contributed by atoms with Crippen LogP contribution >= 0.6 is 0 Å². The number of halogens is 1. The lowest BCUT2D eigenvalue weighted by Crippen LogP contribution is -3.00. The molecule has 0 radical (unpaired) electrons. The van der Waals surface area contributed by atoms with Crippen molar-refractivity contribution in [3.05, 3.63) is 82.3 Å². The number of nitrogens with two attached hydrogens (primary N) is 2. The Bertz CT molecular complexity index is 1420. The molecule has 0 bridgehead atoms. The van der Waals surface area contributed by atoms with Gasteiger partial charge in [-0.2, -0.15) is 4.72 Å². The zero-order chi connectivity index (χ0) is 24.9. The molecule has 0 aliphatic carbocycles. The van der Waals surface area contributed by atoms with E-state index >= 15 is 0 Å². The highest BCUT2D eigenvalue weighted by Gasteiger charge is 2.26. The fourth-order valence-electron chi connectivity index (χ4n) is 3.01. The molecule has 1 amide bonds. The van der Waals surface area contributed by atoms with Gasteiger partial charge in [-0.15, -0.1) is 0 Å². The number of carboxylic acid groups (broad SMARTS) is 1. The second-order valence-corrected chi connectivity index (χ2v) is 8.87. The summed E-state index contributed by atoms with van der Waals surface area (Å²) in [6, 6.07) is 11.7. The van der Waals surface area contributed by atoms with Gasteiger partial charge in [0.1, 0.15) is 11.6 Å². The van der Waals surface area contributed by atoms with Crippen LogP contribution in [0, 0.1) is 0 Å². The van der Waals surface area contributed by atoms with E-state index in [0.29, 0.717) is 11.1 Å². The second kappa shape index (κ2) is 11.5. The molecule has 0 aliphatic rings. The van der Waals surface area contributed by atoms with Crippen LogP contribution in [0.25, 0.3) is 5.52 Å². The molecule has 12 nitrogen and oxygen atoms in total. The lowest BCUT2D eigenvalue weighted by atomic mass is 10.2. The van der Waals surface area contributed by atoms with Crippen molar-refractivity contribution >= 4 is 33.4 Å². The number of benzene rings is 1. The van der Waals surface area contributed by atoms with Gasteiger partial charge in [0.15, 0.2) is 5.96 Å². The van der Waals surface area contributed by atoms with E-state index in [1.807, 2.05) is 4.72 Å². The van der Waals surface area contributed by atoms with Crippen molar-refractivity contribution in [2.24, 2.45) is 16.5 Å². The summed E-state index contributed by atoms with van der Waals surface area (Å²) < 4.78 is 28.1. The van der Waals surface area contributed by atoms with Crippen molar-refractivity contribution in [1.29, 1.82) is 0 Å². The van der Waals surface area contributed by atoms with Gasteiger partial charge in [0.05, 0.1) is 11.4 Å². The van der Waals surface area contributed by atoms with E-state index in [9.17, 15) is 27.9 Å². The van der Waals surface area contributed by atoms with E-state index < -0.39 is 40.0 Å². The fraction of sp³-hybridized carbons (Fsp3) is 0.143. The molecule has 2 heterocycles. The van der Waals surface area contributed by atoms with E-state index in [1.54, 1.807) is 18.2 Å². The molecule has 3 aromatic rings. The topological polar surface area (TPSA) is 198 Å². The number of carbonyl (C=O) groups is 2. The van der Waals surface area contributed by atoms with Crippen LogP contribution in [0.4, 0.5) is 0 Å². The Morgan fingerprint density at radius 1 is 1.06 bits per heavy atom. The number of aromatic nitrogens is 1. The summed E-state index contributed by atoms with van der Waals surface area (Å²) in [7, 11) is -4.15. The molecule has 1 atom stereocenters. The molecule has 0 saturated carbocycles. The predicted octanol–water partition coefficient (Wildman–Crippen LogP) is -3.76. The maximum absolute atomic E-state index is 12.8. The zero-order valence-corrected chi connectivity index (χ0v) is 19.7. The van der Waals surface area contributed by atoms with Crippen LogP contribution in [0.5, 0.6) is 0 Å². The number of pyridine rings is 2. The second-order valence-electron chi connectivity index (χ2n) is 7.16. The van der Waals surface area contributed by atoms with Gasteiger partial charge in [0, 0.05) is 18.3 Å².